The van der Waals surface area contributed by atoms with E-state index in [1.807, 2.05) is 0 Å². The molecule has 0 amide bonds. The number of nitrogens with two attached hydrogens (primary N) is 1. The monoisotopic (exact) mass is 264 g/mol. The number of nitrogen functional groups attached to an aromatic ring is 1. The molecule has 0 radical (unpaired) electrons. The van der Waals surface area contributed by atoms with Crippen molar-refractivity contribution in [1.82, 2.24) is 24.5 Å². The van der Waals surface area contributed by atoms with Crippen molar-refractivity contribution in [3.05, 3.63) is 18.1 Å². The van der Waals surface area contributed by atoms with E-state index in [0.29, 0.717) is 31.2 Å². The second kappa shape index (κ2) is 4.72. The van der Waals surface area contributed by atoms with Gasteiger partial charge in [0.2, 0.25) is 5.95 Å². The predicted molar refractivity (Wildman–Crippen MR) is 67.1 cm³/mol. The molecule has 1 saturated heterocycles. The summed E-state index contributed by atoms with van der Waals surface area (Å²) < 4.78 is 1.49. The number of likely N-dealkylation sites (tertiary alicyclic amines) is 1. The van der Waals surface area contributed by atoms with Crippen molar-refractivity contribution in [2.24, 2.45) is 5.92 Å². The number of anilines is 1. The molecule has 19 heavy (non-hydrogen) atoms. The molecule has 3 rings (SSSR count). The highest BCUT2D eigenvalue weighted by Gasteiger charge is 2.31. The molecule has 0 saturated carbocycles. The van der Waals surface area contributed by atoms with Crippen molar-refractivity contribution < 1.29 is 10.2 Å². The van der Waals surface area contributed by atoms with Gasteiger partial charge in [-0.2, -0.15) is 9.61 Å². The first-order valence-corrected chi connectivity index (χ1v) is 6.13. The summed E-state index contributed by atoms with van der Waals surface area (Å²) in [5.74, 6) is 0.215. The maximum Gasteiger partial charge on any atom is 0.224 e. The molecular weight excluding hydrogens is 248 g/mol. The fourth-order valence-corrected chi connectivity index (χ4v) is 2.48. The maximum atomic E-state index is 9.78. The molecule has 2 aromatic rings. The van der Waals surface area contributed by atoms with Crippen LogP contribution in [0.5, 0.6) is 0 Å². The lowest BCUT2D eigenvalue weighted by molar-refractivity contribution is 0.103. The number of nitrogens with zero attached hydrogens (tertiary/aromatic N) is 5. The third-order valence-electron chi connectivity index (χ3n) is 3.51. The number of hydrogen-bond donors (Lipinski definition) is 3. The molecule has 0 spiro atoms. The standard InChI is InChI=1S/C11H16N6O2/c12-11-14-6-13-10-7(1-15-17(10)11)2-16-3-8(5-18)9(19)4-16/h1,6,8-9,18-19H,2-5H2,(H2,12,13,14)/t8-,9+/m1/s1. The topological polar surface area (TPSA) is 113 Å². The first-order valence-electron chi connectivity index (χ1n) is 6.13. The smallest absolute Gasteiger partial charge is 0.224 e. The lowest BCUT2D eigenvalue weighted by atomic mass is 10.1. The van der Waals surface area contributed by atoms with Gasteiger partial charge in [-0.25, -0.2) is 9.97 Å². The summed E-state index contributed by atoms with van der Waals surface area (Å²) in [6.07, 6.45) is 2.64. The van der Waals surface area contributed by atoms with Crippen LogP contribution in [0.15, 0.2) is 12.5 Å². The van der Waals surface area contributed by atoms with Gasteiger partial charge >= 0.3 is 0 Å². The summed E-state index contributed by atoms with van der Waals surface area (Å²) in [4.78, 5) is 10.1. The first-order chi connectivity index (χ1) is 9.19. The van der Waals surface area contributed by atoms with Gasteiger partial charge in [-0.3, -0.25) is 4.90 Å². The van der Waals surface area contributed by atoms with Crippen LogP contribution in [0.3, 0.4) is 0 Å². The first kappa shape index (κ1) is 12.3. The number of aromatic nitrogens is 4. The Morgan fingerprint density at radius 3 is 2.95 bits per heavy atom. The van der Waals surface area contributed by atoms with Gasteiger partial charge in [0.15, 0.2) is 5.65 Å². The Labute approximate surface area is 109 Å². The van der Waals surface area contributed by atoms with Crippen molar-refractivity contribution in [2.45, 2.75) is 12.6 Å². The number of hydrogen-bond acceptors (Lipinski definition) is 7. The van der Waals surface area contributed by atoms with Crippen molar-refractivity contribution >= 4 is 11.6 Å². The minimum absolute atomic E-state index is 0.00153. The Kier molecular flexibility index (Phi) is 3.05. The molecule has 8 heteroatoms. The Hall–Kier alpha value is -1.77. The normalized spacial score (nSPS) is 24.3. The van der Waals surface area contributed by atoms with Crippen LogP contribution in [-0.4, -0.2) is 60.5 Å². The second-order valence-corrected chi connectivity index (χ2v) is 4.84. The van der Waals surface area contributed by atoms with Crippen LogP contribution in [0.2, 0.25) is 0 Å². The highest BCUT2D eigenvalue weighted by Crippen LogP contribution is 2.20. The fraction of sp³-hybridized carbons (Fsp3) is 0.545. The summed E-state index contributed by atoms with van der Waals surface area (Å²) in [6.45, 7) is 1.83. The molecule has 2 atom stereocenters. The summed E-state index contributed by atoms with van der Waals surface area (Å²) in [5.41, 5.74) is 7.31. The summed E-state index contributed by atoms with van der Waals surface area (Å²) >= 11 is 0. The van der Waals surface area contributed by atoms with E-state index >= 15 is 0 Å². The molecule has 4 N–H and O–H groups in total. The van der Waals surface area contributed by atoms with E-state index in [9.17, 15) is 5.11 Å². The van der Waals surface area contributed by atoms with Crippen LogP contribution >= 0.6 is 0 Å². The zero-order chi connectivity index (χ0) is 13.4. The maximum absolute atomic E-state index is 9.78. The van der Waals surface area contributed by atoms with E-state index in [1.165, 1.54) is 10.8 Å². The van der Waals surface area contributed by atoms with Crippen LogP contribution in [0.25, 0.3) is 5.65 Å². The summed E-state index contributed by atoms with van der Waals surface area (Å²) in [6, 6.07) is 0. The molecule has 0 aromatic carbocycles. The Morgan fingerprint density at radius 2 is 2.21 bits per heavy atom. The number of β-amino-alcohol motifs (C(OH)–C–C–N with tert-alkyl or cyclic N) is 1. The Balaban J connectivity index is 1.81. The van der Waals surface area contributed by atoms with E-state index in [4.69, 9.17) is 10.8 Å². The quantitative estimate of drug-likeness (QED) is 0.617. The van der Waals surface area contributed by atoms with Crippen LogP contribution in [0, 0.1) is 5.92 Å². The number of aliphatic hydroxyl groups is 2. The average molecular weight is 264 g/mol. The van der Waals surface area contributed by atoms with E-state index < -0.39 is 6.10 Å². The minimum atomic E-state index is -0.480. The van der Waals surface area contributed by atoms with E-state index in [-0.39, 0.29) is 12.5 Å². The second-order valence-electron chi connectivity index (χ2n) is 4.84. The van der Waals surface area contributed by atoms with E-state index in [0.717, 1.165) is 5.56 Å². The number of aliphatic hydroxyl groups excluding tert-OH is 2. The van der Waals surface area contributed by atoms with Gasteiger partial charge in [-0.1, -0.05) is 0 Å². The van der Waals surface area contributed by atoms with Gasteiger partial charge in [-0.05, 0) is 0 Å². The minimum Gasteiger partial charge on any atom is -0.396 e. The highest BCUT2D eigenvalue weighted by atomic mass is 16.3. The Morgan fingerprint density at radius 1 is 1.37 bits per heavy atom. The molecule has 1 aliphatic rings. The highest BCUT2D eigenvalue weighted by molar-refractivity contribution is 5.48. The lowest BCUT2D eigenvalue weighted by Crippen LogP contribution is -2.21. The zero-order valence-corrected chi connectivity index (χ0v) is 10.3. The molecule has 8 nitrogen and oxygen atoms in total. The van der Waals surface area contributed by atoms with E-state index in [2.05, 4.69) is 20.0 Å². The SMILES string of the molecule is Nc1ncnc2c(CN3C[C@H](CO)[C@@H](O)C3)cnn12. The van der Waals surface area contributed by atoms with Crippen molar-refractivity contribution in [1.29, 1.82) is 0 Å². The van der Waals surface area contributed by atoms with Crippen molar-refractivity contribution in [2.75, 3.05) is 25.4 Å². The fourth-order valence-electron chi connectivity index (χ4n) is 2.48. The molecule has 0 bridgehead atoms. The van der Waals surface area contributed by atoms with Crippen LogP contribution in [0.4, 0.5) is 5.95 Å². The number of rotatable bonds is 3. The third-order valence-corrected chi connectivity index (χ3v) is 3.51. The molecule has 3 heterocycles. The zero-order valence-electron chi connectivity index (χ0n) is 10.3. The Bertz CT molecular complexity index is 586. The average Bonchev–Trinajstić information content (AvgIpc) is 2.95. The van der Waals surface area contributed by atoms with Crippen molar-refractivity contribution in [3.63, 3.8) is 0 Å². The summed E-state index contributed by atoms with van der Waals surface area (Å²) in [5, 5.41) is 23.1. The van der Waals surface area contributed by atoms with Gasteiger partial charge in [0.25, 0.3) is 0 Å². The van der Waals surface area contributed by atoms with Gasteiger partial charge in [0.1, 0.15) is 6.33 Å². The molecule has 1 aliphatic heterocycles. The van der Waals surface area contributed by atoms with Gasteiger partial charge in [0, 0.05) is 37.7 Å². The lowest BCUT2D eigenvalue weighted by Gasteiger charge is -2.13. The summed E-state index contributed by atoms with van der Waals surface area (Å²) in [7, 11) is 0. The molecular formula is C11H16N6O2. The van der Waals surface area contributed by atoms with Gasteiger partial charge in [-0.15, -0.1) is 0 Å². The largest absolute Gasteiger partial charge is 0.396 e. The van der Waals surface area contributed by atoms with Gasteiger partial charge in [0.05, 0.1) is 12.3 Å². The molecule has 102 valence electrons. The van der Waals surface area contributed by atoms with Gasteiger partial charge < -0.3 is 15.9 Å². The molecule has 1 fully saturated rings. The molecule has 2 aromatic heterocycles. The van der Waals surface area contributed by atoms with Crippen LogP contribution in [-0.2, 0) is 6.54 Å². The molecule has 0 unspecified atom stereocenters. The predicted octanol–water partition coefficient (Wildman–Crippen LogP) is -1.51. The van der Waals surface area contributed by atoms with Crippen molar-refractivity contribution in [3.8, 4) is 0 Å². The third kappa shape index (κ3) is 2.14. The number of fused-ring (bicyclic) bond motifs is 1. The van der Waals surface area contributed by atoms with Crippen LogP contribution in [0.1, 0.15) is 5.56 Å². The van der Waals surface area contributed by atoms with E-state index in [1.54, 1.807) is 6.20 Å². The molecule has 0 aliphatic carbocycles. The van der Waals surface area contributed by atoms with Crippen LogP contribution < -0.4 is 5.73 Å².